The van der Waals surface area contributed by atoms with Gasteiger partial charge in [0.2, 0.25) is 0 Å². The Labute approximate surface area is 588 Å². The Hall–Kier alpha value is -13.7. The lowest BCUT2D eigenvalue weighted by Gasteiger charge is -2.14. The van der Waals surface area contributed by atoms with Crippen LogP contribution >= 0.6 is 0 Å². The van der Waals surface area contributed by atoms with Crippen LogP contribution in [-0.4, -0.2) is 29.9 Å². The molecule has 0 spiro atoms. The van der Waals surface area contributed by atoms with E-state index in [0.717, 1.165) is 66.4 Å². The minimum absolute atomic E-state index is 0.640. The van der Waals surface area contributed by atoms with Gasteiger partial charge in [-0.15, -0.1) is 0 Å². The van der Waals surface area contributed by atoms with Gasteiger partial charge < -0.3 is 0 Å². The lowest BCUT2D eigenvalue weighted by atomic mass is 9.90. The van der Waals surface area contributed by atoms with Crippen LogP contribution in [0.5, 0.6) is 0 Å². The molecule has 2 aromatic heterocycles. The average molecular weight is 1300 g/mol. The second-order valence-electron chi connectivity index (χ2n) is 26.0. The number of hydrogen-bond donors (Lipinski definition) is 0. The summed E-state index contributed by atoms with van der Waals surface area (Å²) in [6.45, 7) is 0. The van der Waals surface area contributed by atoms with Crippen LogP contribution in [-0.2, 0) is 0 Å². The molecule has 0 radical (unpaired) electrons. The summed E-state index contributed by atoms with van der Waals surface area (Å²) in [5.41, 5.74) is 12.6. The molecule has 102 heavy (non-hydrogen) atoms. The van der Waals surface area contributed by atoms with Crippen LogP contribution in [0, 0.1) is 0 Å². The molecule has 0 aliphatic rings. The fourth-order valence-electron chi connectivity index (χ4n) is 15.0. The maximum atomic E-state index is 5.08. The van der Waals surface area contributed by atoms with Gasteiger partial charge in [0.15, 0.2) is 34.9 Å². The number of nitrogens with zero attached hydrogens (tertiary/aromatic N) is 6. The summed E-state index contributed by atoms with van der Waals surface area (Å²) < 4.78 is 0. The van der Waals surface area contributed by atoms with Crippen LogP contribution in [0.25, 0.3) is 199 Å². The SMILES string of the molecule is c1ccc(-c2cccc(-c3nc(-c4ccccc4)nc(-c4cccc(-c5ccc6c(ccc7ccc8c9ccccc9ccc8c76)c5)c4)n3)c2)cc1.c1ccc(-c2nc(-c3ccccc3)nc(-c3ccc(-c4ccc5c(ccc6ccc7c8ccccc8ccc7c65)c4)c4ccccc34)n2)cc1. The van der Waals surface area contributed by atoms with Crippen molar-refractivity contribution in [1.29, 1.82) is 0 Å². The summed E-state index contributed by atoms with van der Waals surface area (Å²) in [5.74, 6) is 3.90. The molecule has 0 bridgehead atoms. The highest BCUT2D eigenvalue weighted by Gasteiger charge is 2.20. The van der Waals surface area contributed by atoms with Gasteiger partial charge in [0, 0.05) is 33.4 Å². The van der Waals surface area contributed by atoms with E-state index in [1.54, 1.807) is 0 Å². The van der Waals surface area contributed by atoms with Crippen LogP contribution in [0.2, 0.25) is 0 Å². The Morgan fingerprint density at radius 3 is 0.922 bits per heavy atom. The molecule has 6 heteroatoms. The monoisotopic (exact) mass is 1300 g/mol. The van der Waals surface area contributed by atoms with Gasteiger partial charge in [-0.1, -0.05) is 334 Å². The predicted octanol–water partition coefficient (Wildman–Crippen LogP) is 25.1. The van der Waals surface area contributed by atoms with Crippen molar-refractivity contribution < 1.29 is 0 Å². The maximum Gasteiger partial charge on any atom is 0.164 e. The van der Waals surface area contributed by atoms with E-state index in [0.29, 0.717) is 34.9 Å². The summed E-state index contributed by atoms with van der Waals surface area (Å²) in [6.07, 6.45) is 0. The molecule has 0 atom stereocenters. The third-order valence-electron chi connectivity index (χ3n) is 20.0. The van der Waals surface area contributed by atoms with Crippen LogP contribution in [0.15, 0.2) is 364 Å². The first-order valence-electron chi connectivity index (χ1n) is 34.6. The number of aromatic nitrogens is 6. The van der Waals surface area contributed by atoms with Crippen molar-refractivity contribution in [3.63, 3.8) is 0 Å². The summed E-state index contributed by atoms with van der Waals surface area (Å²) in [7, 11) is 0. The Balaban J connectivity index is 0.000000141. The Bertz CT molecular complexity index is 6620. The standard InChI is InChI=1S/C49H31N3.C47H29N3/c1-3-11-32(12-4-1)36-16-9-18-40(30-36)48-50-47(35-14-5-2-6-15-35)51-49(52-48)41-19-10-17-37(31-41)38-25-26-43-39(29-38)22-21-34-24-27-44-42-20-8-7-13-33(42)23-28-45(44)46(34)43;1-3-12-32(13-4-1)45-48-46(33-14-5-2-6-15-33)50-47(49-45)43-28-27-37(39-17-9-10-18-40(39)43)34-23-24-38-35(29-34)20-19-31-22-25-41-36-16-8-7-11-30(36)21-26-42(41)44(31)38/h1-31H;1-29H. The summed E-state index contributed by atoms with van der Waals surface area (Å²) in [6, 6.07) is 129. The fourth-order valence-corrected chi connectivity index (χ4v) is 15.0. The van der Waals surface area contributed by atoms with Crippen molar-refractivity contribution in [1.82, 2.24) is 29.9 Å². The fraction of sp³-hybridized carbons (Fsp3) is 0. The van der Waals surface area contributed by atoms with E-state index in [1.165, 1.54) is 97.3 Å². The Kier molecular flexibility index (Phi) is 14.8. The molecule has 0 amide bonds. The average Bonchev–Trinajstić information content (AvgIpc) is 0.749. The van der Waals surface area contributed by atoms with Gasteiger partial charge in [-0.3, -0.25) is 0 Å². The molecule has 18 aromatic carbocycles. The highest BCUT2D eigenvalue weighted by atomic mass is 15.0. The molecule has 0 saturated heterocycles. The van der Waals surface area contributed by atoms with Crippen LogP contribution in [0.4, 0.5) is 0 Å². The van der Waals surface area contributed by atoms with E-state index in [1.807, 2.05) is 97.1 Å². The molecule has 0 aliphatic heterocycles. The van der Waals surface area contributed by atoms with Gasteiger partial charge in [-0.25, -0.2) is 29.9 Å². The van der Waals surface area contributed by atoms with Crippen molar-refractivity contribution >= 4 is 97.0 Å². The molecule has 0 fully saturated rings. The van der Waals surface area contributed by atoms with Gasteiger partial charge in [0.25, 0.3) is 0 Å². The molecule has 0 saturated carbocycles. The smallest absolute Gasteiger partial charge is 0.164 e. The summed E-state index contributed by atoms with van der Waals surface area (Å²) >= 11 is 0. The first-order valence-corrected chi connectivity index (χ1v) is 34.6. The molecular formula is C96H60N6. The highest BCUT2D eigenvalue weighted by molar-refractivity contribution is 6.26. The van der Waals surface area contributed by atoms with Gasteiger partial charge in [-0.2, -0.15) is 0 Å². The lowest BCUT2D eigenvalue weighted by molar-refractivity contribution is 1.07. The molecule has 2 heterocycles. The molecule has 0 aliphatic carbocycles. The molecule has 20 aromatic rings. The topological polar surface area (TPSA) is 77.3 Å². The van der Waals surface area contributed by atoms with Crippen molar-refractivity contribution in [3.05, 3.63) is 364 Å². The van der Waals surface area contributed by atoms with E-state index >= 15 is 0 Å². The zero-order valence-electron chi connectivity index (χ0n) is 55.3. The van der Waals surface area contributed by atoms with Crippen molar-refractivity contribution in [2.45, 2.75) is 0 Å². The third-order valence-corrected chi connectivity index (χ3v) is 20.0. The van der Waals surface area contributed by atoms with Crippen molar-refractivity contribution in [2.24, 2.45) is 0 Å². The first-order chi connectivity index (χ1) is 50.5. The van der Waals surface area contributed by atoms with Crippen molar-refractivity contribution in [2.75, 3.05) is 0 Å². The number of rotatable bonds is 9. The van der Waals surface area contributed by atoms with E-state index in [4.69, 9.17) is 29.9 Å². The lowest BCUT2D eigenvalue weighted by Crippen LogP contribution is -2.00. The van der Waals surface area contributed by atoms with Gasteiger partial charge in [0.05, 0.1) is 0 Å². The zero-order chi connectivity index (χ0) is 67.5. The van der Waals surface area contributed by atoms with Crippen LogP contribution in [0.3, 0.4) is 0 Å². The second kappa shape index (κ2) is 25.3. The minimum Gasteiger partial charge on any atom is -0.208 e. The van der Waals surface area contributed by atoms with Gasteiger partial charge in [-0.05, 0) is 161 Å². The summed E-state index contributed by atoms with van der Waals surface area (Å²) in [5, 5.41) is 22.6. The molecule has 6 nitrogen and oxygen atoms in total. The molecular weight excluding hydrogens is 1240 g/mol. The number of benzene rings is 18. The molecule has 0 N–H and O–H groups in total. The van der Waals surface area contributed by atoms with Crippen LogP contribution < -0.4 is 0 Å². The van der Waals surface area contributed by atoms with E-state index < -0.39 is 0 Å². The van der Waals surface area contributed by atoms with Gasteiger partial charge >= 0.3 is 0 Å². The Morgan fingerprint density at radius 1 is 0.127 bits per heavy atom. The molecule has 474 valence electrons. The van der Waals surface area contributed by atoms with Crippen molar-refractivity contribution in [3.8, 4) is 102 Å². The molecule has 20 rings (SSSR count). The zero-order valence-corrected chi connectivity index (χ0v) is 55.3. The van der Waals surface area contributed by atoms with E-state index in [2.05, 4.69) is 267 Å². The third kappa shape index (κ3) is 10.9. The largest absolute Gasteiger partial charge is 0.208 e. The minimum atomic E-state index is 0.640. The summed E-state index contributed by atoms with van der Waals surface area (Å²) in [4.78, 5) is 30.1. The maximum absolute atomic E-state index is 5.08. The highest BCUT2D eigenvalue weighted by Crippen LogP contribution is 2.42. The Morgan fingerprint density at radius 2 is 0.431 bits per heavy atom. The van der Waals surface area contributed by atoms with Crippen LogP contribution in [0.1, 0.15) is 0 Å². The molecule has 0 unspecified atom stereocenters. The quantitative estimate of drug-likeness (QED) is 0.134. The first kappa shape index (κ1) is 59.6. The van der Waals surface area contributed by atoms with E-state index in [-0.39, 0.29) is 0 Å². The normalized spacial score (nSPS) is 11.5. The second-order valence-corrected chi connectivity index (χ2v) is 26.0. The number of fused-ring (bicyclic) bond motifs is 15. The van der Waals surface area contributed by atoms with Gasteiger partial charge in [0.1, 0.15) is 0 Å². The number of hydrogen-bond acceptors (Lipinski definition) is 6. The predicted molar refractivity (Wildman–Crippen MR) is 426 cm³/mol. The van der Waals surface area contributed by atoms with E-state index in [9.17, 15) is 0 Å².